The Morgan fingerprint density at radius 3 is 2.92 bits per heavy atom. The number of aryl methyl sites for hydroxylation is 1. The zero-order valence-corrected chi connectivity index (χ0v) is 20.8. The van der Waals surface area contributed by atoms with Crippen LogP contribution in [0.5, 0.6) is 0 Å². The van der Waals surface area contributed by atoms with Crippen LogP contribution in [0.25, 0.3) is 16.9 Å². The predicted octanol–water partition coefficient (Wildman–Crippen LogP) is 4.60. The lowest BCUT2D eigenvalue weighted by atomic mass is 9.99. The monoisotopic (exact) mass is 482 g/mol. The molecule has 0 radical (unpaired) electrons. The molecule has 8 heteroatoms. The van der Waals surface area contributed by atoms with Crippen LogP contribution in [0, 0.1) is 6.92 Å². The van der Waals surface area contributed by atoms with Gasteiger partial charge in [0.05, 0.1) is 34.9 Å². The first kappa shape index (κ1) is 22.7. The van der Waals surface area contributed by atoms with Crippen molar-refractivity contribution in [3.8, 4) is 11.3 Å². The van der Waals surface area contributed by atoms with Crippen molar-refractivity contribution < 1.29 is 9.53 Å². The Labute approximate surface area is 210 Å². The van der Waals surface area contributed by atoms with Crippen molar-refractivity contribution in [2.75, 3.05) is 26.0 Å². The molecule has 1 saturated heterocycles. The molecule has 1 unspecified atom stereocenters. The van der Waals surface area contributed by atoms with Crippen LogP contribution in [-0.4, -0.2) is 45.9 Å². The van der Waals surface area contributed by atoms with E-state index in [1.165, 1.54) is 0 Å². The number of nitrogens with one attached hydrogen (secondary N) is 2. The molecule has 36 heavy (non-hydrogen) atoms. The number of nitrogens with zero attached hydrogens (tertiary/aromatic N) is 4. The number of amides is 1. The molecule has 0 bridgehead atoms. The summed E-state index contributed by atoms with van der Waals surface area (Å²) in [6.45, 7) is 4.05. The lowest BCUT2D eigenvalue weighted by molar-refractivity contribution is 0.0966. The summed E-state index contributed by atoms with van der Waals surface area (Å²) in [6.07, 6.45) is 6.07. The van der Waals surface area contributed by atoms with Gasteiger partial charge in [-0.25, -0.2) is 9.97 Å². The van der Waals surface area contributed by atoms with Crippen LogP contribution < -0.4 is 10.6 Å². The molecule has 0 saturated carbocycles. The zero-order valence-electron chi connectivity index (χ0n) is 20.8. The van der Waals surface area contributed by atoms with Crippen LogP contribution >= 0.6 is 0 Å². The number of fused-ring (bicyclic) bond motifs is 2. The van der Waals surface area contributed by atoms with E-state index in [1.54, 1.807) is 0 Å². The Bertz CT molecular complexity index is 1470. The molecule has 2 aliphatic heterocycles. The van der Waals surface area contributed by atoms with Crippen molar-refractivity contribution in [1.29, 1.82) is 0 Å². The maximum Gasteiger partial charge on any atom is 0.254 e. The van der Waals surface area contributed by atoms with E-state index < -0.39 is 0 Å². The highest BCUT2D eigenvalue weighted by molar-refractivity contribution is 6.06. The van der Waals surface area contributed by atoms with E-state index in [0.29, 0.717) is 12.1 Å². The Morgan fingerprint density at radius 2 is 2.11 bits per heavy atom. The smallest absolute Gasteiger partial charge is 0.254 e. The summed E-state index contributed by atoms with van der Waals surface area (Å²) in [5.41, 5.74) is 8.49. The van der Waals surface area contributed by atoms with Crippen LogP contribution in [0.3, 0.4) is 0 Å². The van der Waals surface area contributed by atoms with Crippen LogP contribution in [0.1, 0.15) is 51.7 Å². The quantitative estimate of drug-likeness (QED) is 0.418. The number of benzene rings is 1. The molecule has 1 fully saturated rings. The second kappa shape index (κ2) is 9.04. The number of hydrogen-bond donors (Lipinski definition) is 2. The first-order valence-electron chi connectivity index (χ1n) is 12.4. The van der Waals surface area contributed by atoms with Crippen molar-refractivity contribution in [3.63, 3.8) is 0 Å². The Hall–Kier alpha value is -3.75. The molecule has 3 aromatic heterocycles. The van der Waals surface area contributed by atoms with Gasteiger partial charge in [-0.3, -0.25) is 9.20 Å². The number of pyridine rings is 2. The summed E-state index contributed by atoms with van der Waals surface area (Å²) < 4.78 is 8.02. The van der Waals surface area contributed by atoms with Gasteiger partial charge in [0.1, 0.15) is 11.5 Å². The van der Waals surface area contributed by atoms with Crippen LogP contribution in [0.4, 0.5) is 11.5 Å². The van der Waals surface area contributed by atoms with Gasteiger partial charge in [0, 0.05) is 31.5 Å². The first-order chi connectivity index (χ1) is 17.5. The number of anilines is 2. The second-order valence-electron chi connectivity index (χ2n) is 9.91. The molecule has 2 aliphatic rings. The molecule has 0 aliphatic carbocycles. The summed E-state index contributed by atoms with van der Waals surface area (Å²) >= 11 is 0. The van der Waals surface area contributed by atoms with E-state index in [9.17, 15) is 4.79 Å². The summed E-state index contributed by atoms with van der Waals surface area (Å²) in [5.74, 6) is 0.641. The van der Waals surface area contributed by atoms with Gasteiger partial charge in [-0.15, -0.1) is 0 Å². The van der Waals surface area contributed by atoms with Crippen molar-refractivity contribution in [3.05, 3.63) is 76.7 Å². The molecule has 1 atom stereocenters. The van der Waals surface area contributed by atoms with Crippen LogP contribution in [-0.2, 0) is 17.8 Å². The van der Waals surface area contributed by atoms with E-state index in [2.05, 4.69) is 62.2 Å². The molecular weight excluding hydrogens is 452 g/mol. The van der Waals surface area contributed by atoms with Gasteiger partial charge < -0.3 is 20.3 Å². The van der Waals surface area contributed by atoms with Crippen molar-refractivity contribution in [1.82, 2.24) is 24.6 Å². The summed E-state index contributed by atoms with van der Waals surface area (Å²) in [5, 5.41) is 6.47. The number of rotatable bonds is 6. The molecular formula is C28H30N6O2. The van der Waals surface area contributed by atoms with Gasteiger partial charge in [0.25, 0.3) is 5.91 Å². The van der Waals surface area contributed by atoms with E-state index in [0.717, 1.165) is 76.8 Å². The van der Waals surface area contributed by atoms with Gasteiger partial charge in [0.2, 0.25) is 0 Å². The fourth-order valence-electron chi connectivity index (χ4n) is 5.22. The maximum atomic E-state index is 13.0. The lowest BCUT2D eigenvalue weighted by Gasteiger charge is -2.18. The number of carbonyl (C=O) groups excluding carboxylic acids is 1. The van der Waals surface area contributed by atoms with Gasteiger partial charge in [0.15, 0.2) is 0 Å². The third-order valence-corrected chi connectivity index (χ3v) is 6.85. The van der Waals surface area contributed by atoms with Gasteiger partial charge in [-0.05, 0) is 80.9 Å². The predicted molar refractivity (Wildman–Crippen MR) is 139 cm³/mol. The van der Waals surface area contributed by atoms with Crippen LogP contribution in [0.2, 0.25) is 0 Å². The van der Waals surface area contributed by atoms with E-state index >= 15 is 0 Å². The molecule has 184 valence electrons. The molecule has 5 heterocycles. The zero-order chi connectivity index (χ0) is 24.8. The fourth-order valence-corrected chi connectivity index (χ4v) is 5.22. The lowest BCUT2D eigenvalue weighted by Crippen LogP contribution is -2.15. The van der Waals surface area contributed by atoms with Crippen molar-refractivity contribution in [2.24, 2.45) is 0 Å². The first-order valence-corrected chi connectivity index (χ1v) is 12.4. The van der Waals surface area contributed by atoms with Gasteiger partial charge in [-0.1, -0.05) is 6.07 Å². The average Bonchev–Trinajstić information content (AvgIpc) is 3.59. The topological polar surface area (TPSA) is 83.8 Å². The number of carbonyl (C=O) groups is 1. The average molecular weight is 483 g/mol. The van der Waals surface area contributed by atoms with Crippen molar-refractivity contribution >= 4 is 23.1 Å². The number of hydrogen-bond acceptors (Lipinski definition) is 6. The number of ether oxygens (including phenoxy) is 1. The molecule has 1 aromatic carbocycles. The summed E-state index contributed by atoms with van der Waals surface area (Å²) in [6, 6.07) is 12.3. The molecule has 6 rings (SSSR count). The molecule has 1 amide bonds. The Kier molecular flexibility index (Phi) is 5.70. The minimum Gasteiger partial charge on any atom is -0.374 e. The van der Waals surface area contributed by atoms with E-state index in [1.807, 2.05) is 32.6 Å². The molecule has 8 nitrogen and oxygen atoms in total. The maximum absolute atomic E-state index is 13.0. The van der Waals surface area contributed by atoms with Gasteiger partial charge >= 0.3 is 0 Å². The van der Waals surface area contributed by atoms with E-state index in [-0.39, 0.29) is 12.0 Å². The Balaban J connectivity index is 1.40. The summed E-state index contributed by atoms with van der Waals surface area (Å²) in [7, 11) is 4.07. The number of aromatic nitrogens is 3. The van der Waals surface area contributed by atoms with E-state index in [4.69, 9.17) is 9.72 Å². The molecule has 2 N–H and O–H groups in total. The normalized spacial score (nSPS) is 17.1. The largest absolute Gasteiger partial charge is 0.374 e. The molecule has 4 aromatic rings. The highest BCUT2D eigenvalue weighted by Gasteiger charge is 2.28. The molecule has 0 spiro atoms. The standard InChI is InChI=1S/C28H30N6O2/c1-17-8-9-34-23(15-29-26(34)11-17)20-6-7-22(27-21(20)14-30-28(27)35)32-25-13-18(24-5-4-10-36-24)12-19(31-25)16-33(2)3/h6-9,11-13,15,24H,4-5,10,14,16H2,1-3H3,(H,30,35)(H,31,32). The minimum atomic E-state index is -0.0807. The highest BCUT2D eigenvalue weighted by Crippen LogP contribution is 2.36. The minimum absolute atomic E-state index is 0.0807. The number of imidazole rings is 1. The van der Waals surface area contributed by atoms with Crippen molar-refractivity contribution in [2.45, 2.75) is 39.0 Å². The summed E-state index contributed by atoms with van der Waals surface area (Å²) in [4.78, 5) is 24.5. The third-order valence-electron chi connectivity index (χ3n) is 6.85. The second-order valence-corrected chi connectivity index (χ2v) is 9.91. The van der Waals surface area contributed by atoms with Gasteiger partial charge in [-0.2, -0.15) is 0 Å². The van der Waals surface area contributed by atoms with Crippen LogP contribution in [0.15, 0.2) is 48.8 Å². The fraction of sp³-hybridized carbons (Fsp3) is 0.321. The Morgan fingerprint density at radius 1 is 1.22 bits per heavy atom. The third kappa shape index (κ3) is 4.12. The highest BCUT2D eigenvalue weighted by atomic mass is 16.5. The SMILES string of the molecule is Cc1ccn2c(-c3ccc(Nc4cc(C5CCCO5)cc(CN(C)C)n4)c4c3CNC4=O)cnc2c1.